The van der Waals surface area contributed by atoms with E-state index in [1.165, 1.54) is 23.1 Å². The van der Waals surface area contributed by atoms with Crippen molar-refractivity contribution in [2.45, 2.75) is 103 Å². The van der Waals surface area contributed by atoms with Gasteiger partial charge in [-0.05, 0) is 109 Å². The van der Waals surface area contributed by atoms with Crippen LogP contribution in [-0.4, -0.2) is 139 Å². The Labute approximate surface area is 493 Å². The third kappa shape index (κ3) is 14.9. The highest BCUT2D eigenvalue weighted by atomic mass is 16.6. The van der Waals surface area contributed by atoms with Crippen molar-refractivity contribution in [1.82, 2.24) is 30.7 Å². The van der Waals surface area contributed by atoms with E-state index in [2.05, 4.69) is 33.4 Å². The Kier molecular flexibility index (Phi) is 19.7. The topological polar surface area (TPSA) is 291 Å². The summed E-state index contributed by atoms with van der Waals surface area (Å²) in [6.45, 7) is 6.73. The largest absolute Gasteiger partial charge is 0.493 e. The molecule has 4 aliphatic rings. The molecule has 8 amide bonds. The van der Waals surface area contributed by atoms with Crippen molar-refractivity contribution in [3.8, 4) is 17.2 Å². The smallest absolute Gasteiger partial charge is 0.410 e. The number of carbonyl (C=O) groups is 7. The Balaban J connectivity index is 0.871. The summed E-state index contributed by atoms with van der Waals surface area (Å²) in [4.78, 5) is 108. The number of anilines is 1. The molecule has 4 heterocycles. The Morgan fingerprint density at radius 2 is 1.29 bits per heavy atom. The van der Waals surface area contributed by atoms with Crippen LogP contribution in [0.2, 0.25) is 0 Å². The minimum Gasteiger partial charge on any atom is -0.493 e. The van der Waals surface area contributed by atoms with Gasteiger partial charge in [0.05, 0.1) is 54.8 Å². The number of nitrogens with two attached hydrogens (primary N) is 2. The summed E-state index contributed by atoms with van der Waals surface area (Å²) in [5, 5.41) is 10.8. The molecule has 0 aliphatic carbocycles. The average Bonchev–Trinajstić information content (AvgIpc) is 2.35. The van der Waals surface area contributed by atoms with E-state index in [1.807, 2.05) is 59.3 Å². The molecule has 9 rings (SSSR count). The molecule has 0 saturated heterocycles. The van der Waals surface area contributed by atoms with Crippen LogP contribution in [0.1, 0.15) is 93.6 Å². The van der Waals surface area contributed by atoms with Crippen molar-refractivity contribution in [3.05, 3.63) is 142 Å². The zero-order chi connectivity index (χ0) is 60.1. The second kappa shape index (κ2) is 27.8. The summed E-state index contributed by atoms with van der Waals surface area (Å²) in [5.41, 5.74) is 18.8. The maximum absolute atomic E-state index is 14.1. The second-order valence-corrected chi connectivity index (χ2v) is 21.8. The van der Waals surface area contributed by atoms with Crippen molar-refractivity contribution in [3.63, 3.8) is 0 Å². The highest BCUT2D eigenvalue weighted by molar-refractivity contribution is 6.04. The Morgan fingerprint density at radius 1 is 0.718 bits per heavy atom. The third-order valence-corrected chi connectivity index (χ3v) is 15.5. The standard InChI is InChI=1S/C63H73N11O11/c1-38(2)57(71-56(75)16-9-21-64)59(77)70-50(15-10-22-66-62(65)80)58(76)69-45-19-17-40(18-20-45)37-85-63(81)72(23-25-83-53-31-51-48(27-39(53)3)60(78)73-35-43-13-7-5-11-41(43)28-46(73)33-67-51)24-26-84-55-32-52-49(30-54(55)82-4)61(79)74-36-44-14-8-6-12-42(44)29-47(74)34-68-52/h5-8,11-14,17-20,27,30-34,38,46-47,50,57H,9-10,15-16,21-26,28-29,35-37,64H2,1-4H3,(H,69,76)(H,70,77)(H,71,75)(H3,65,66,80)/t46-,47-,50-,57-/m0/s1. The fourth-order valence-corrected chi connectivity index (χ4v) is 10.7. The number of amides is 8. The molecule has 5 aromatic rings. The Bertz CT molecular complexity index is 3370. The minimum atomic E-state index is -1.05. The van der Waals surface area contributed by atoms with Crippen LogP contribution >= 0.6 is 0 Å². The van der Waals surface area contributed by atoms with Gasteiger partial charge in [-0.25, -0.2) is 9.59 Å². The molecule has 8 N–H and O–H groups in total. The van der Waals surface area contributed by atoms with Crippen molar-refractivity contribution in [2.75, 3.05) is 51.8 Å². The van der Waals surface area contributed by atoms with Crippen LogP contribution in [0, 0.1) is 12.8 Å². The van der Waals surface area contributed by atoms with E-state index in [9.17, 15) is 33.6 Å². The summed E-state index contributed by atoms with van der Waals surface area (Å²) >= 11 is 0. The maximum Gasteiger partial charge on any atom is 0.410 e. The molecule has 0 unspecified atom stereocenters. The van der Waals surface area contributed by atoms with Crippen LogP contribution in [0.25, 0.3) is 0 Å². The third-order valence-electron chi connectivity index (χ3n) is 15.5. The van der Waals surface area contributed by atoms with Crippen molar-refractivity contribution < 1.29 is 52.5 Å². The quantitative estimate of drug-likeness (QED) is 0.0365. The summed E-state index contributed by atoms with van der Waals surface area (Å²) < 4.78 is 24.3. The van der Waals surface area contributed by atoms with Crippen LogP contribution in [-0.2, 0) is 51.7 Å². The first-order chi connectivity index (χ1) is 41.1. The first-order valence-corrected chi connectivity index (χ1v) is 28.7. The molecule has 0 spiro atoms. The van der Waals surface area contributed by atoms with Crippen molar-refractivity contribution in [2.24, 2.45) is 27.4 Å². The summed E-state index contributed by atoms with van der Waals surface area (Å²) in [6, 6.07) is 26.5. The lowest BCUT2D eigenvalue weighted by molar-refractivity contribution is -0.132. The molecular weight excluding hydrogens is 1090 g/mol. The van der Waals surface area contributed by atoms with Crippen LogP contribution < -0.4 is 46.9 Å². The fraction of sp³-hybridized carbons (Fsp3) is 0.381. The van der Waals surface area contributed by atoms with E-state index in [1.54, 1.807) is 68.6 Å². The number of benzene rings is 5. The van der Waals surface area contributed by atoms with E-state index in [0.29, 0.717) is 102 Å². The molecular formula is C63H73N11O11. The molecule has 85 heavy (non-hydrogen) atoms. The van der Waals surface area contributed by atoms with Gasteiger partial charge in [0.15, 0.2) is 11.5 Å². The molecule has 0 saturated carbocycles. The van der Waals surface area contributed by atoms with Gasteiger partial charge in [0.25, 0.3) is 11.8 Å². The van der Waals surface area contributed by atoms with Gasteiger partial charge in [-0.3, -0.25) is 34.0 Å². The Hall–Kier alpha value is -9.31. The lowest BCUT2D eigenvalue weighted by atomic mass is 9.94. The minimum absolute atomic E-state index is 0.0238. The predicted molar refractivity (Wildman–Crippen MR) is 320 cm³/mol. The summed E-state index contributed by atoms with van der Waals surface area (Å²) in [7, 11) is 1.49. The number of ether oxygens (including phenoxy) is 4. The van der Waals surface area contributed by atoms with E-state index >= 15 is 0 Å². The predicted octanol–water partition coefficient (Wildman–Crippen LogP) is 6.42. The van der Waals surface area contributed by atoms with E-state index in [4.69, 9.17) is 40.4 Å². The van der Waals surface area contributed by atoms with Gasteiger partial charge in [0, 0.05) is 56.3 Å². The highest BCUT2D eigenvalue weighted by Crippen LogP contribution is 2.39. The number of primary amides is 1. The number of rotatable bonds is 24. The number of hydrogen-bond acceptors (Lipinski definition) is 14. The zero-order valence-corrected chi connectivity index (χ0v) is 48.3. The molecule has 22 heteroatoms. The van der Waals surface area contributed by atoms with Gasteiger partial charge in [0.1, 0.15) is 37.7 Å². The van der Waals surface area contributed by atoms with Crippen LogP contribution in [0.4, 0.5) is 26.7 Å². The number of hydrogen-bond donors (Lipinski definition) is 6. The molecule has 0 radical (unpaired) electrons. The number of urea groups is 1. The molecule has 4 atom stereocenters. The first kappa shape index (κ1) is 60.3. The second-order valence-electron chi connectivity index (χ2n) is 21.8. The summed E-state index contributed by atoms with van der Waals surface area (Å²) in [5.74, 6) is -0.901. The molecule has 0 aromatic heterocycles. The van der Waals surface area contributed by atoms with Crippen LogP contribution in [0.5, 0.6) is 17.2 Å². The number of fused-ring (bicyclic) bond motifs is 6. The van der Waals surface area contributed by atoms with Gasteiger partial charge in [-0.15, -0.1) is 0 Å². The molecule has 0 fully saturated rings. The lowest BCUT2D eigenvalue weighted by Crippen LogP contribution is -2.54. The van der Waals surface area contributed by atoms with E-state index in [0.717, 1.165) is 11.1 Å². The summed E-state index contributed by atoms with van der Waals surface area (Å²) in [6.07, 6.45) is 5.25. The molecule has 0 bridgehead atoms. The molecule has 446 valence electrons. The van der Waals surface area contributed by atoms with Gasteiger partial charge in [0.2, 0.25) is 17.7 Å². The van der Waals surface area contributed by atoms with Gasteiger partial charge < -0.3 is 66.4 Å². The number of methoxy groups -OCH3 is 1. The zero-order valence-electron chi connectivity index (χ0n) is 48.3. The average molecular weight is 1160 g/mol. The van der Waals surface area contributed by atoms with Crippen molar-refractivity contribution in [1.29, 1.82) is 0 Å². The monoisotopic (exact) mass is 1160 g/mol. The molecule has 5 aromatic carbocycles. The number of carbonyl (C=O) groups excluding carboxylic acids is 7. The number of nitrogens with zero attached hydrogens (tertiary/aromatic N) is 5. The molecule has 4 aliphatic heterocycles. The number of nitrogens with one attached hydrogen (secondary N) is 4. The maximum atomic E-state index is 14.1. The van der Waals surface area contributed by atoms with Crippen molar-refractivity contribution >= 4 is 71.2 Å². The fourth-order valence-electron chi connectivity index (χ4n) is 10.7. The van der Waals surface area contributed by atoms with Crippen LogP contribution in [0.15, 0.2) is 107 Å². The highest BCUT2D eigenvalue weighted by Gasteiger charge is 2.36. The van der Waals surface area contributed by atoms with Gasteiger partial charge in [-0.1, -0.05) is 74.5 Å². The van der Waals surface area contributed by atoms with Gasteiger partial charge in [-0.2, -0.15) is 0 Å². The first-order valence-electron chi connectivity index (χ1n) is 28.7. The SMILES string of the molecule is COc1cc2c(cc1OCCN(CCOc1cc3c(cc1C)C(=O)N1Cc4ccccc4C[C@H]1C=N3)C(=O)OCc1ccc(NC(=O)[C@H](CCCNC(N)=O)NC(=O)[C@@H](NC(=O)CCCN)C(C)C)cc1)N=C[C@@H]1Cc3ccccc3CN1C2=O. The van der Waals surface area contributed by atoms with Crippen LogP contribution in [0.3, 0.4) is 0 Å². The van der Waals surface area contributed by atoms with E-state index < -0.39 is 36.0 Å². The number of aliphatic imine (C=N–C) groups is 2. The van der Waals surface area contributed by atoms with Gasteiger partial charge >= 0.3 is 12.1 Å². The normalized spacial score (nSPS) is 16.1. The number of aryl methyl sites for hydroxylation is 1. The van der Waals surface area contributed by atoms with E-state index in [-0.39, 0.29) is 88.0 Å². The lowest BCUT2D eigenvalue weighted by Gasteiger charge is -2.34. The Morgan fingerprint density at radius 3 is 1.87 bits per heavy atom. The molecule has 22 nitrogen and oxygen atoms in total.